The summed E-state index contributed by atoms with van der Waals surface area (Å²) in [7, 11) is 0. The highest BCUT2D eigenvalue weighted by molar-refractivity contribution is 8.00. The van der Waals surface area contributed by atoms with Crippen LogP contribution < -0.4 is 26.2 Å². The Morgan fingerprint density at radius 1 is 1.18 bits per heavy atom. The molecule has 5 rings (SSSR count). The fraction of sp³-hybridized carbons (Fsp3) is 0.414. The molecule has 0 radical (unpaired) electrons. The Morgan fingerprint density at radius 2 is 1.97 bits per heavy atom. The average Bonchev–Trinajstić information content (AvgIpc) is 3.55. The molecule has 2 atom stereocenters. The van der Waals surface area contributed by atoms with Crippen LogP contribution in [0.25, 0.3) is 0 Å². The van der Waals surface area contributed by atoms with Crippen LogP contribution in [0, 0.1) is 17.3 Å². The number of ether oxygens (including phenoxy) is 2. The Morgan fingerprint density at radius 3 is 2.72 bits per heavy atom. The maximum absolute atomic E-state index is 12.4. The molecule has 0 saturated carbocycles. The van der Waals surface area contributed by atoms with Gasteiger partial charge in [0, 0.05) is 47.3 Å². The molecule has 2 unspecified atom stereocenters. The SMILES string of the molecule is CC(C)(C)C1=CC(NC(=O)Nc2ccc(C#CC3Nc4cc(OCCN5CCOCC5)ccc4S3)cc2)NO1. The van der Waals surface area contributed by atoms with Gasteiger partial charge in [0.05, 0.1) is 18.9 Å². The van der Waals surface area contributed by atoms with E-state index in [2.05, 4.69) is 44.2 Å². The van der Waals surface area contributed by atoms with Crippen LogP contribution in [0.3, 0.4) is 0 Å². The summed E-state index contributed by atoms with van der Waals surface area (Å²) in [5.41, 5.74) is 5.27. The van der Waals surface area contributed by atoms with Gasteiger partial charge in [0.1, 0.15) is 29.7 Å². The van der Waals surface area contributed by atoms with Crippen molar-refractivity contribution in [1.29, 1.82) is 0 Å². The summed E-state index contributed by atoms with van der Waals surface area (Å²) in [6.45, 7) is 11.2. The zero-order valence-electron chi connectivity index (χ0n) is 22.5. The number of nitrogens with one attached hydrogen (secondary N) is 4. The maximum atomic E-state index is 12.4. The molecular formula is C29H35N5O4S. The van der Waals surface area contributed by atoms with Crippen LogP contribution in [0.5, 0.6) is 5.75 Å². The van der Waals surface area contributed by atoms with Gasteiger partial charge < -0.3 is 30.3 Å². The van der Waals surface area contributed by atoms with E-state index in [4.69, 9.17) is 14.3 Å². The highest BCUT2D eigenvalue weighted by Crippen LogP contribution is 2.40. The molecule has 3 aliphatic heterocycles. The monoisotopic (exact) mass is 549 g/mol. The normalized spacial score (nSPS) is 20.5. The molecule has 3 aliphatic rings. The van der Waals surface area contributed by atoms with Gasteiger partial charge in [0.15, 0.2) is 0 Å². The van der Waals surface area contributed by atoms with Gasteiger partial charge in [-0.2, -0.15) is 0 Å². The first kappa shape index (κ1) is 27.2. The number of morpholine rings is 1. The van der Waals surface area contributed by atoms with E-state index in [1.807, 2.05) is 63.2 Å². The number of nitrogens with zero attached hydrogens (tertiary/aromatic N) is 1. The number of amides is 2. The van der Waals surface area contributed by atoms with Crippen molar-refractivity contribution in [2.24, 2.45) is 5.41 Å². The van der Waals surface area contributed by atoms with Crippen LogP contribution in [0.4, 0.5) is 16.2 Å². The lowest BCUT2D eigenvalue weighted by atomic mass is 9.94. The van der Waals surface area contributed by atoms with Crippen LogP contribution in [-0.2, 0) is 9.57 Å². The van der Waals surface area contributed by atoms with Crippen molar-refractivity contribution in [1.82, 2.24) is 15.7 Å². The summed E-state index contributed by atoms with van der Waals surface area (Å²) < 4.78 is 11.4. The van der Waals surface area contributed by atoms with Crippen molar-refractivity contribution >= 4 is 29.2 Å². The predicted molar refractivity (Wildman–Crippen MR) is 153 cm³/mol. The number of fused-ring (bicyclic) bond motifs is 1. The molecule has 4 N–H and O–H groups in total. The van der Waals surface area contributed by atoms with Crippen molar-refractivity contribution in [3.05, 3.63) is 59.9 Å². The number of allylic oxidation sites excluding steroid dienone is 1. The summed E-state index contributed by atoms with van der Waals surface area (Å²) in [4.78, 5) is 21.4. The average molecular weight is 550 g/mol. The molecule has 1 fully saturated rings. The topological polar surface area (TPSA) is 96.1 Å². The van der Waals surface area contributed by atoms with Gasteiger partial charge in [-0.15, -0.1) is 5.48 Å². The summed E-state index contributed by atoms with van der Waals surface area (Å²) in [5, 5.41) is 9.09. The first-order valence-corrected chi connectivity index (χ1v) is 14.0. The number of anilines is 2. The second kappa shape index (κ2) is 12.2. The largest absolute Gasteiger partial charge is 0.492 e. The number of hydrogen-bond acceptors (Lipinski definition) is 8. The van der Waals surface area contributed by atoms with E-state index in [-0.39, 0.29) is 23.0 Å². The Balaban J connectivity index is 1.08. The van der Waals surface area contributed by atoms with Crippen LogP contribution in [0.15, 0.2) is 59.2 Å². The van der Waals surface area contributed by atoms with E-state index in [0.717, 1.165) is 60.5 Å². The quantitative estimate of drug-likeness (QED) is 0.398. The Bertz CT molecular complexity index is 1260. The number of benzene rings is 2. The molecule has 206 valence electrons. The summed E-state index contributed by atoms with van der Waals surface area (Å²) >= 11 is 1.69. The van der Waals surface area contributed by atoms with Crippen molar-refractivity contribution in [2.75, 3.05) is 50.1 Å². The predicted octanol–water partition coefficient (Wildman–Crippen LogP) is 4.21. The standard InChI is InChI=1S/C29H35N5O4S/c1-29(2,3)25-19-26(33-38-25)32-28(35)30-21-7-4-20(5-8-21)6-11-27-31-23-18-22(9-10-24(23)39-27)37-17-14-34-12-15-36-16-13-34/h4-5,7-10,18-19,26-27,31,33H,12-17H2,1-3H3,(H2,30,32,35). The van der Waals surface area contributed by atoms with Gasteiger partial charge in [0.25, 0.3) is 0 Å². The fourth-order valence-electron chi connectivity index (χ4n) is 4.21. The summed E-state index contributed by atoms with van der Waals surface area (Å²) in [5.74, 6) is 8.16. The van der Waals surface area contributed by atoms with Crippen molar-refractivity contribution in [3.63, 3.8) is 0 Å². The van der Waals surface area contributed by atoms with Gasteiger partial charge in [0.2, 0.25) is 0 Å². The molecule has 39 heavy (non-hydrogen) atoms. The molecule has 0 aliphatic carbocycles. The smallest absolute Gasteiger partial charge is 0.320 e. The lowest BCUT2D eigenvalue weighted by Gasteiger charge is -2.26. The lowest BCUT2D eigenvalue weighted by Crippen LogP contribution is -2.43. The number of hydroxylamine groups is 1. The molecule has 1 saturated heterocycles. The first-order chi connectivity index (χ1) is 18.8. The third kappa shape index (κ3) is 7.61. The van der Waals surface area contributed by atoms with Gasteiger partial charge >= 0.3 is 6.03 Å². The maximum Gasteiger partial charge on any atom is 0.320 e. The van der Waals surface area contributed by atoms with E-state index in [1.165, 1.54) is 0 Å². The number of hydrogen-bond donors (Lipinski definition) is 4. The zero-order valence-corrected chi connectivity index (χ0v) is 23.3. The van der Waals surface area contributed by atoms with E-state index < -0.39 is 0 Å². The molecule has 2 aromatic carbocycles. The number of urea groups is 1. The van der Waals surface area contributed by atoms with Crippen molar-refractivity contribution in [2.45, 2.75) is 37.2 Å². The van der Waals surface area contributed by atoms with E-state index in [1.54, 1.807) is 11.8 Å². The highest BCUT2D eigenvalue weighted by atomic mass is 32.2. The van der Waals surface area contributed by atoms with E-state index >= 15 is 0 Å². The lowest BCUT2D eigenvalue weighted by molar-refractivity contribution is 0.0322. The van der Waals surface area contributed by atoms with Crippen molar-refractivity contribution < 1.29 is 19.1 Å². The molecule has 0 bridgehead atoms. The molecule has 0 aromatic heterocycles. The molecule has 2 aromatic rings. The van der Waals surface area contributed by atoms with Gasteiger partial charge in [-0.1, -0.05) is 44.4 Å². The minimum Gasteiger partial charge on any atom is -0.492 e. The Labute approximate surface area is 234 Å². The minimum absolute atomic E-state index is 0.0423. The van der Waals surface area contributed by atoms with Gasteiger partial charge in [-0.05, 0) is 42.5 Å². The Hall–Kier alpha value is -3.36. The molecule has 9 nitrogen and oxygen atoms in total. The fourth-order valence-corrected chi connectivity index (χ4v) is 5.16. The highest BCUT2D eigenvalue weighted by Gasteiger charge is 2.27. The summed E-state index contributed by atoms with van der Waals surface area (Å²) in [6, 6.07) is 13.3. The van der Waals surface area contributed by atoms with E-state index in [9.17, 15) is 4.79 Å². The first-order valence-electron chi connectivity index (χ1n) is 13.2. The van der Waals surface area contributed by atoms with Gasteiger partial charge in [-0.25, -0.2) is 4.79 Å². The Kier molecular flexibility index (Phi) is 8.53. The van der Waals surface area contributed by atoms with Crippen LogP contribution in [-0.4, -0.2) is 61.9 Å². The molecule has 0 spiro atoms. The van der Waals surface area contributed by atoms with Crippen LogP contribution in [0.1, 0.15) is 26.3 Å². The minimum atomic E-state index is -0.386. The molecule has 2 amide bonds. The summed E-state index contributed by atoms with van der Waals surface area (Å²) in [6.07, 6.45) is 1.48. The number of thioether (sulfide) groups is 1. The number of rotatable bonds is 6. The number of carbonyl (C=O) groups excluding carboxylic acids is 1. The number of carbonyl (C=O) groups is 1. The second-order valence-corrected chi connectivity index (χ2v) is 11.7. The third-order valence-electron chi connectivity index (χ3n) is 6.39. The third-order valence-corrected chi connectivity index (χ3v) is 7.47. The van der Waals surface area contributed by atoms with Gasteiger partial charge in [-0.3, -0.25) is 4.90 Å². The van der Waals surface area contributed by atoms with Crippen molar-refractivity contribution in [3.8, 4) is 17.6 Å². The second-order valence-electron chi connectivity index (χ2n) is 10.5. The van der Waals surface area contributed by atoms with E-state index in [0.29, 0.717) is 12.3 Å². The van der Waals surface area contributed by atoms with Crippen LogP contribution >= 0.6 is 11.8 Å². The molecular weight excluding hydrogens is 514 g/mol. The molecule has 10 heteroatoms. The molecule has 3 heterocycles. The zero-order chi connectivity index (χ0) is 27.2. The van der Waals surface area contributed by atoms with Crippen LogP contribution in [0.2, 0.25) is 0 Å².